The highest BCUT2D eigenvalue weighted by molar-refractivity contribution is 7.91. The van der Waals surface area contributed by atoms with Gasteiger partial charge in [0.25, 0.3) is 0 Å². The predicted molar refractivity (Wildman–Crippen MR) is 56.7 cm³/mol. The first kappa shape index (κ1) is 12.0. The van der Waals surface area contributed by atoms with Crippen molar-refractivity contribution in [1.29, 1.82) is 0 Å². The summed E-state index contributed by atoms with van der Waals surface area (Å²) >= 11 is 0. The molecule has 0 spiro atoms. The molecule has 5 nitrogen and oxygen atoms in total. The molecule has 0 aromatic rings. The van der Waals surface area contributed by atoms with Gasteiger partial charge in [-0.15, -0.1) is 6.42 Å². The average molecular weight is 230 g/mol. The van der Waals surface area contributed by atoms with E-state index in [9.17, 15) is 13.2 Å². The number of sulfone groups is 1. The van der Waals surface area contributed by atoms with Gasteiger partial charge in [-0.3, -0.25) is 4.79 Å². The highest BCUT2D eigenvalue weighted by Gasteiger charge is 2.33. The lowest BCUT2D eigenvalue weighted by molar-refractivity contribution is -0.130. The molecule has 15 heavy (non-hydrogen) atoms. The minimum atomic E-state index is -3.00. The lowest BCUT2D eigenvalue weighted by Gasteiger charge is -2.25. The second-order valence-corrected chi connectivity index (χ2v) is 5.72. The molecule has 0 bridgehead atoms. The molecule has 0 aliphatic carbocycles. The van der Waals surface area contributed by atoms with Gasteiger partial charge in [-0.1, -0.05) is 5.92 Å². The third kappa shape index (κ3) is 2.94. The predicted octanol–water partition coefficient (Wildman–Crippen LogP) is -1.41. The first-order chi connectivity index (χ1) is 7.00. The standard InChI is InChI=1S/C9H14N2O3S/c1-2-4-11(9(12)6-10)8-3-5-15(13,14)7-8/h1,8H,3-7,10H2. The van der Waals surface area contributed by atoms with Crippen molar-refractivity contribution in [2.45, 2.75) is 12.5 Å². The van der Waals surface area contributed by atoms with Crippen LogP contribution in [-0.2, 0) is 14.6 Å². The van der Waals surface area contributed by atoms with Crippen LogP contribution in [0.5, 0.6) is 0 Å². The van der Waals surface area contributed by atoms with Gasteiger partial charge in [-0.05, 0) is 6.42 Å². The van der Waals surface area contributed by atoms with Gasteiger partial charge in [0, 0.05) is 6.04 Å². The summed E-state index contributed by atoms with van der Waals surface area (Å²) < 4.78 is 22.5. The number of hydrogen-bond acceptors (Lipinski definition) is 4. The van der Waals surface area contributed by atoms with Crippen LogP contribution < -0.4 is 5.73 Å². The van der Waals surface area contributed by atoms with E-state index >= 15 is 0 Å². The number of amides is 1. The third-order valence-electron chi connectivity index (χ3n) is 2.41. The molecular weight excluding hydrogens is 216 g/mol. The molecule has 1 aliphatic heterocycles. The average Bonchev–Trinajstić information content (AvgIpc) is 2.54. The van der Waals surface area contributed by atoms with Gasteiger partial charge in [-0.2, -0.15) is 0 Å². The maximum atomic E-state index is 11.4. The molecule has 1 saturated heterocycles. The maximum absolute atomic E-state index is 11.4. The number of carbonyl (C=O) groups excluding carboxylic acids is 1. The molecule has 0 aromatic carbocycles. The Morgan fingerprint density at radius 3 is 2.67 bits per heavy atom. The number of carbonyl (C=O) groups is 1. The van der Waals surface area contributed by atoms with E-state index in [0.717, 1.165) is 0 Å². The zero-order valence-corrected chi connectivity index (χ0v) is 9.16. The molecule has 1 atom stereocenters. The van der Waals surface area contributed by atoms with Crippen LogP contribution in [0.25, 0.3) is 0 Å². The lowest BCUT2D eigenvalue weighted by atomic mass is 10.2. The smallest absolute Gasteiger partial charge is 0.237 e. The monoisotopic (exact) mass is 230 g/mol. The summed E-state index contributed by atoms with van der Waals surface area (Å²) in [4.78, 5) is 12.8. The van der Waals surface area contributed by atoms with Crippen LogP contribution in [0.3, 0.4) is 0 Å². The normalized spacial score (nSPS) is 23.3. The molecule has 1 heterocycles. The highest BCUT2D eigenvalue weighted by atomic mass is 32.2. The number of nitrogens with zero attached hydrogens (tertiary/aromatic N) is 1. The molecular formula is C9H14N2O3S. The molecule has 1 amide bonds. The minimum Gasteiger partial charge on any atom is -0.326 e. The molecule has 0 radical (unpaired) electrons. The molecule has 1 fully saturated rings. The Kier molecular flexibility index (Phi) is 3.72. The molecule has 6 heteroatoms. The SMILES string of the molecule is C#CCN(C(=O)CN)C1CCS(=O)(=O)C1. The van der Waals surface area contributed by atoms with E-state index in [1.807, 2.05) is 0 Å². The summed E-state index contributed by atoms with van der Waals surface area (Å²) in [5, 5.41) is 0. The topological polar surface area (TPSA) is 80.5 Å². The Bertz CT molecular complexity index is 383. The summed E-state index contributed by atoms with van der Waals surface area (Å²) in [6.45, 7) is -0.0194. The van der Waals surface area contributed by atoms with Crippen LogP contribution in [-0.4, -0.2) is 49.9 Å². The van der Waals surface area contributed by atoms with Crippen molar-refractivity contribution in [1.82, 2.24) is 4.90 Å². The quantitative estimate of drug-likeness (QED) is 0.604. The fourth-order valence-corrected chi connectivity index (χ4v) is 3.39. The molecule has 2 N–H and O–H groups in total. The van der Waals surface area contributed by atoms with Gasteiger partial charge in [-0.25, -0.2) is 8.42 Å². The Hall–Kier alpha value is -1.06. The number of rotatable bonds is 3. The first-order valence-corrected chi connectivity index (χ1v) is 6.45. The summed E-state index contributed by atoms with van der Waals surface area (Å²) in [7, 11) is -3.00. The summed E-state index contributed by atoms with van der Waals surface area (Å²) in [6, 6.07) is -0.304. The fourth-order valence-electron chi connectivity index (χ4n) is 1.66. The second-order valence-electron chi connectivity index (χ2n) is 3.49. The first-order valence-electron chi connectivity index (χ1n) is 4.63. The number of hydrogen-bond donors (Lipinski definition) is 1. The molecule has 1 aliphatic rings. The maximum Gasteiger partial charge on any atom is 0.237 e. The zero-order valence-electron chi connectivity index (χ0n) is 8.35. The van der Waals surface area contributed by atoms with Crippen LogP contribution >= 0.6 is 0 Å². The third-order valence-corrected chi connectivity index (χ3v) is 4.16. The largest absolute Gasteiger partial charge is 0.326 e. The fraction of sp³-hybridized carbons (Fsp3) is 0.667. The lowest BCUT2D eigenvalue weighted by Crippen LogP contribution is -2.44. The molecule has 0 aromatic heterocycles. The molecule has 84 valence electrons. The van der Waals surface area contributed by atoms with Crippen LogP contribution in [0, 0.1) is 12.3 Å². The van der Waals surface area contributed by atoms with Crippen LogP contribution in [0.2, 0.25) is 0 Å². The Balaban J connectivity index is 2.75. The van der Waals surface area contributed by atoms with E-state index in [2.05, 4.69) is 5.92 Å². The Morgan fingerprint density at radius 2 is 2.27 bits per heavy atom. The van der Waals surface area contributed by atoms with Crippen LogP contribution in [0.1, 0.15) is 6.42 Å². The molecule has 1 rings (SSSR count). The minimum absolute atomic E-state index is 0.000417. The second kappa shape index (κ2) is 4.64. The highest BCUT2D eigenvalue weighted by Crippen LogP contribution is 2.17. The van der Waals surface area contributed by atoms with Crippen molar-refractivity contribution < 1.29 is 13.2 Å². The van der Waals surface area contributed by atoms with Crippen molar-refractivity contribution >= 4 is 15.7 Å². The van der Waals surface area contributed by atoms with Crippen molar-refractivity contribution in [2.24, 2.45) is 5.73 Å². The van der Waals surface area contributed by atoms with Gasteiger partial charge >= 0.3 is 0 Å². The summed E-state index contributed by atoms with van der Waals surface area (Å²) in [5.74, 6) is 2.17. The van der Waals surface area contributed by atoms with Crippen LogP contribution in [0.4, 0.5) is 0 Å². The van der Waals surface area contributed by atoms with Gasteiger partial charge in [0.1, 0.15) is 0 Å². The van der Waals surface area contributed by atoms with Crippen LogP contribution in [0.15, 0.2) is 0 Å². The van der Waals surface area contributed by atoms with E-state index < -0.39 is 9.84 Å². The Labute approximate surface area is 89.5 Å². The van der Waals surface area contributed by atoms with Gasteiger partial charge < -0.3 is 10.6 Å². The molecule has 1 unspecified atom stereocenters. The van der Waals surface area contributed by atoms with E-state index in [-0.39, 0.29) is 36.5 Å². The van der Waals surface area contributed by atoms with Crippen molar-refractivity contribution in [2.75, 3.05) is 24.6 Å². The van der Waals surface area contributed by atoms with E-state index in [4.69, 9.17) is 12.2 Å². The van der Waals surface area contributed by atoms with E-state index in [1.54, 1.807) is 0 Å². The summed E-state index contributed by atoms with van der Waals surface area (Å²) in [6.07, 6.45) is 5.58. The van der Waals surface area contributed by atoms with Crippen molar-refractivity contribution in [3.63, 3.8) is 0 Å². The van der Waals surface area contributed by atoms with E-state index in [1.165, 1.54) is 4.90 Å². The van der Waals surface area contributed by atoms with Gasteiger partial charge in [0.15, 0.2) is 9.84 Å². The van der Waals surface area contributed by atoms with Crippen molar-refractivity contribution in [3.8, 4) is 12.3 Å². The van der Waals surface area contributed by atoms with Crippen molar-refractivity contribution in [3.05, 3.63) is 0 Å². The number of nitrogens with two attached hydrogens (primary N) is 1. The zero-order chi connectivity index (χ0) is 11.5. The molecule has 0 saturated carbocycles. The van der Waals surface area contributed by atoms with Gasteiger partial charge in [0.05, 0.1) is 24.6 Å². The Morgan fingerprint density at radius 1 is 1.60 bits per heavy atom. The van der Waals surface area contributed by atoms with E-state index in [0.29, 0.717) is 6.42 Å². The summed E-state index contributed by atoms with van der Waals surface area (Å²) in [5.41, 5.74) is 5.23. The van der Waals surface area contributed by atoms with Gasteiger partial charge in [0.2, 0.25) is 5.91 Å². The number of terminal acetylenes is 1.